The first-order valence-electron chi connectivity index (χ1n) is 7.07. The largest absolute Gasteiger partial charge is 0.394 e. The maximum atomic E-state index is 15.3. The minimum Gasteiger partial charge on any atom is -0.394 e. The summed E-state index contributed by atoms with van der Waals surface area (Å²) in [6, 6.07) is 0. The second kappa shape index (κ2) is 6.00. The van der Waals surface area contributed by atoms with Crippen LogP contribution >= 0.6 is 6.72 Å². The van der Waals surface area contributed by atoms with Crippen LogP contribution in [0.25, 0.3) is 11.2 Å². The summed E-state index contributed by atoms with van der Waals surface area (Å²) in [5.74, 6) is -3.72. The monoisotopic (exact) mass is 411 g/mol. The second-order valence-corrected chi connectivity index (χ2v) is 8.39. The Balaban J connectivity index is 2.15. The summed E-state index contributed by atoms with van der Waals surface area (Å²) in [7, 11) is 0. The van der Waals surface area contributed by atoms with Crippen molar-refractivity contribution >= 4 is 35.6 Å². The fraction of sp³-hybridized carbons (Fsp3) is 0.545. The van der Waals surface area contributed by atoms with Crippen molar-refractivity contribution in [2.24, 2.45) is 0 Å². The molecule has 3 rings (SSSR count). The molecule has 144 valence electrons. The molecule has 0 radical (unpaired) electrons. The number of anilines is 1. The fourth-order valence-electron chi connectivity index (χ4n) is 2.80. The molecule has 15 heteroatoms. The molecule has 0 aromatic carbocycles. The second-order valence-electron chi connectivity index (χ2n) is 5.80. The number of aliphatic hydroxyl groups is 2. The van der Waals surface area contributed by atoms with Gasteiger partial charge < -0.3 is 30.5 Å². The van der Waals surface area contributed by atoms with E-state index < -0.39 is 42.7 Å². The van der Waals surface area contributed by atoms with E-state index >= 15 is 4.39 Å². The molecule has 0 amide bonds. The average Bonchev–Trinajstić information content (AvgIpc) is 2.96. The van der Waals surface area contributed by atoms with Crippen molar-refractivity contribution in [2.75, 3.05) is 12.3 Å². The molecule has 2 aromatic rings. The van der Waals surface area contributed by atoms with E-state index in [4.69, 9.17) is 15.0 Å². The Morgan fingerprint density at radius 2 is 2.27 bits per heavy atom. The Bertz CT molecular complexity index is 960. The Kier molecular flexibility index (Phi) is 4.45. The zero-order valence-corrected chi connectivity index (χ0v) is 14.8. The van der Waals surface area contributed by atoms with Crippen LogP contribution in [0.3, 0.4) is 0 Å². The molecule has 2 aromatic heterocycles. The van der Waals surface area contributed by atoms with E-state index in [1.165, 1.54) is 0 Å². The van der Waals surface area contributed by atoms with Gasteiger partial charge in [-0.15, -0.1) is 0 Å². The highest BCUT2D eigenvalue weighted by Crippen LogP contribution is 2.55. The highest BCUT2D eigenvalue weighted by molar-refractivity contribution is 8.06. The summed E-state index contributed by atoms with van der Waals surface area (Å²) in [6.07, 6.45) is -2.48. The van der Waals surface area contributed by atoms with E-state index in [2.05, 4.69) is 26.8 Å². The molecule has 26 heavy (non-hydrogen) atoms. The van der Waals surface area contributed by atoms with Crippen molar-refractivity contribution in [3.8, 4) is 0 Å². The molecule has 0 unspecified atom stereocenters. The van der Waals surface area contributed by atoms with E-state index in [0.717, 1.165) is 17.8 Å². The molecular formula is C11H15FN5O7PS. The van der Waals surface area contributed by atoms with Gasteiger partial charge in [0.25, 0.3) is 11.4 Å². The predicted octanol–water partition coefficient (Wildman–Crippen LogP) is -1.77. The summed E-state index contributed by atoms with van der Waals surface area (Å²) in [4.78, 5) is 40.4. The number of hydrogen-bond acceptors (Lipinski definition) is 9. The first-order valence-corrected chi connectivity index (χ1v) is 9.69. The Morgan fingerprint density at radius 3 is 2.85 bits per heavy atom. The number of aliphatic hydroxyl groups excluding tert-OH is 1. The average molecular weight is 411 g/mol. The third kappa shape index (κ3) is 2.84. The maximum Gasteiger partial charge on any atom is 0.322 e. The van der Waals surface area contributed by atoms with Gasteiger partial charge in [0.2, 0.25) is 5.95 Å². The van der Waals surface area contributed by atoms with Crippen LogP contribution in [0, 0.1) is 0 Å². The van der Waals surface area contributed by atoms with E-state index in [9.17, 15) is 24.8 Å². The number of imidazole rings is 1. The van der Waals surface area contributed by atoms with E-state index in [0.29, 0.717) is 0 Å². The molecule has 0 aliphatic carbocycles. The van der Waals surface area contributed by atoms with Gasteiger partial charge in [0, 0.05) is 0 Å². The molecule has 12 nitrogen and oxygen atoms in total. The smallest absolute Gasteiger partial charge is 0.322 e. The number of rotatable bonds is 4. The number of ether oxygens (including phenoxy) is 1. The van der Waals surface area contributed by atoms with Crippen LogP contribution in [0.1, 0.15) is 13.2 Å². The van der Waals surface area contributed by atoms with Crippen LogP contribution < -0.4 is 11.3 Å². The van der Waals surface area contributed by atoms with Gasteiger partial charge in [0.1, 0.15) is 6.10 Å². The first kappa shape index (κ1) is 19.3. The fourth-order valence-corrected chi connectivity index (χ4v) is 4.00. The number of fused-ring (bicyclic) bond motifs is 1. The summed E-state index contributed by atoms with van der Waals surface area (Å²) in [5.41, 5.74) is 1.90. The number of nitrogens with one attached hydrogen (secondary N) is 1. The maximum absolute atomic E-state index is 15.3. The molecule has 0 saturated carbocycles. The molecular weight excluding hydrogens is 396 g/mol. The molecule has 4 atom stereocenters. The topological polar surface area (TPSA) is 189 Å². The van der Waals surface area contributed by atoms with Gasteiger partial charge in [-0.3, -0.25) is 18.9 Å². The van der Waals surface area contributed by atoms with Crippen molar-refractivity contribution in [2.45, 2.75) is 30.7 Å². The van der Waals surface area contributed by atoms with Crippen LogP contribution in [-0.2, 0) is 21.1 Å². The number of hydrogen-bond donors (Lipinski definition) is 6. The van der Waals surface area contributed by atoms with Crippen LogP contribution in [0.2, 0.25) is 0 Å². The van der Waals surface area contributed by atoms with Gasteiger partial charge in [-0.1, -0.05) is 0 Å². The van der Waals surface area contributed by atoms with E-state index in [1.54, 1.807) is 0 Å². The predicted molar refractivity (Wildman–Crippen MR) is 87.8 cm³/mol. The number of nitrogens with zero attached hydrogens (tertiary/aromatic N) is 3. The lowest BCUT2D eigenvalue weighted by molar-refractivity contribution is -0.222. The molecule has 0 spiro atoms. The molecule has 1 aliphatic heterocycles. The SMILES string of the molecule is C[C@@]1(OP(O)(O)=S)[C@@H](CO)O[C@@H](n2cnc3c(=O)[nH]c(N)nc32)[C@@]1(O)F. The summed E-state index contributed by atoms with van der Waals surface area (Å²) in [5, 5.41) is 19.9. The zero-order valence-electron chi connectivity index (χ0n) is 13.1. The Morgan fingerprint density at radius 1 is 1.62 bits per heavy atom. The standard InChI is InChI=1S/C11H15FN5O7PS/c1-10(24-25(21,22)26)4(2-18)23-8(11(10,12)20)17-3-14-5-6(17)15-9(13)16-7(5)19/h3-4,8,18,20H,2H2,1H3,(H2,21,22,26)(H3,13,15,16,19)/t4-,8-,10-,11+/m1/s1. The van der Waals surface area contributed by atoms with Crippen molar-refractivity contribution in [1.29, 1.82) is 0 Å². The number of nitrogen functional groups attached to an aromatic ring is 1. The Hall–Kier alpha value is -1.51. The highest BCUT2D eigenvalue weighted by atomic mass is 32.5. The van der Waals surface area contributed by atoms with Gasteiger partial charge >= 0.3 is 6.72 Å². The van der Waals surface area contributed by atoms with Gasteiger partial charge in [0.15, 0.2) is 23.0 Å². The van der Waals surface area contributed by atoms with Crippen molar-refractivity contribution in [3.63, 3.8) is 0 Å². The number of nitrogens with two attached hydrogens (primary N) is 1. The van der Waals surface area contributed by atoms with Crippen LogP contribution in [0.5, 0.6) is 0 Å². The molecule has 7 N–H and O–H groups in total. The first-order chi connectivity index (χ1) is 11.9. The molecule has 3 heterocycles. The lowest BCUT2D eigenvalue weighted by Crippen LogP contribution is -2.55. The lowest BCUT2D eigenvalue weighted by Gasteiger charge is -2.36. The van der Waals surface area contributed by atoms with Gasteiger partial charge in [-0.2, -0.15) is 4.98 Å². The van der Waals surface area contributed by atoms with Crippen LogP contribution in [0.4, 0.5) is 10.3 Å². The van der Waals surface area contributed by atoms with Gasteiger partial charge in [-0.25, -0.2) is 9.37 Å². The minimum atomic E-state index is -4.45. The number of aromatic amines is 1. The van der Waals surface area contributed by atoms with Crippen molar-refractivity contribution in [3.05, 3.63) is 16.7 Å². The molecule has 1 saturated heterocycles. The van der Waals surface area contributed by atoms with Gasteiger partial charge in [0.05, 0.1) is 12.9 Å². The summed E-state index contributed by atoms with van der Waals surface area (Å²) in [6.45, 7) is -4.35. The van der Waals surface area contributed by atoms with Crippen LogP contribution in [0.15, 0.2) is 11.1 Å². The minimum absolute atomic E-state index is 0.205. The van der Waals surface area contributed by atoms with Crippen LogP contribution in [-0.4, -0.2) is 63.7 Å². The zero-order chi connectivity index (χ0) is 19.5. The van der Waals surface area contributed by atoms with Crippen molar-refractivity contribution < 1.29 is 33.7 Å². The third-order valence-electron chi connectivity index (χ3n) is 4.11. The Labute approximate surface area is 149 Å². The van der Waals surface area contributed by atoms with E-state index in [1.807, 2.05) is 0 Å². The third-order valence-corrected chi connectivity index (χ3v) is 4.95. The summed E-state index contributed by atoms with van der Waals surface area (Å²) >= 11 is 4.34. The molecule has 1 aliphatic rings. The molecule has 0 bridgehead atoms. The number of aromatic nitrogens is 4. The quantitative estimate of drug-likeness (QED) is 0.312. The number of alkyl halides is 1. The van der Waals surface area contributed by atoms with Crippen molar-refractivity contribution in [1.82, 2.24) is 19.5 Å². The van der Waals surface area contributed by atoms with Gasteiger partial charge in [-0.05, 0) is 18.7 Å². The van der Waals surface area contributed by atoms with E-state index in [-0.39, 0.29) is 17.1 Å². The number of halogens is 1. The normalized spacial score (nSPS) is 32.4. The molecule has 1 fully saturated rings. The summed E-state index contributed by atoms with van der Waals surface area (Å²) < 4.78 is 26.3. The highest BCUT2D eigenvalue weighted by Gasteiger charge is 2.68. The lowest BCUT2D eigenvalue weighted by atomic mass is 9.92. The number of H-pyrrole nitrogens is 1.